The Morgan fingerprint density at radius 3 is 2.36 bits per heavy atom. The summed E-state index contributed by atoms with van der Waals surface area (Å²) in [5.41, 5.74) is 10.1. The van der Waals surface area contributed by atoms with Gasteiger partial charge in [-0.2, -0.15) is 0 Å². The molecule has 0 rings (SSSR count). The van der Waals surface area contributed by atoms with Gasteiger partial charge < -0.3 is 21.7 Å². The molecule has 0 fully saturated rings. The third-order valence-corrected chi connectivity index (χ3v) is 1.10. The van der Waals surface area contributed by atoms with Crippen LogP contribution in [0.5, 0.6) is 0 Å². The second-order valence-electron chi connectivity index (χ2n) is 2.50. The second kappa shape index (κ2) is 4.92. The zero-order valence-electron chi connectivity index (χ0n) is 6.57. The van der Waals surface area contributed by atoms with E-state index in [1.807, 2.05) is 0 Å². The highest BCUT2D eigenvalue weighted by Crippen LogP contribution is 1.96. The Bertz CT molecular complexity index is 132. The Morgan fingerprint density at radius 2 is 2.00 bits per heavy atom. The minimum Gasteiger partial charge on any atom is -0.393 e. The maximum absolute atomic E-state index is 9.09. The van der Waals surface area contributed by atoms with Gasteiger partial charge in [0, 0.05) is 6.42 Å². The van der Waals surface area contributed by atoms with Crippen LogP contribution in [-0.2, 0) is 0 Å². The first-order chi connectivity index (χ1) is 5.02. The quantitative estimate of drug-likeness (QED) is 0.294. The molecule has 5 nitrogen and oxygen atoms in total. The molecule has 0 aromatic heterocycles. The summed E-state index contributed by atoms with van der Waals surface area (Å²) in [6, 6.07) is 0. The molecule has 11 heavy (non-hydrogen) atoms. The summed E-state index contributed by atoms with van der Waals surface area (Å²) in [7, 11) is 0. The van der Waals surface area contributed by atoms with E-state index in [0.29, 0.717) is 0 Å². The molecule has 0 saturated carbocycles. The van der Waals surface area contributed by atoms with Crippen LogP contribution in [0.25, 0.3) is 0 Å². The smallest absolute Gasteiger partial charge is 0.185 e. The summed E-state index contributed by atoms with van der Waals surface area (Å²) in [5, 5.41) is 17.9. The SMILES string of the molecule is CC(O)CC(O)CN=C(N)N. The molecule has 6 N–H and O–H groups in total. The number of aliphatic hydroxyl groups excluding tert-OH is 2. The lowest BCUT2D eigenvalue weighted by Crippen LogP contribution is -2.26. The lowest BCUT2D eigenvalue weighted by atomic mass is 10.2. The highest BCUT2D eigenvalue weighted by Gasteiger charge is 2.06. The summed E-state index contributed by atoms with van der Waals surface area (Å²) in [6.45, 7) is 1.74. The Hall–Kier alpha value is -0.810. The van der Waals surface area contributed by atoms with Crippen LogP contribution in [0.2, 0.25) is 0 Å². The predicted octanol–water partition coefficient (Wildman–Crippen LogP) is -1.61. The van der Waals surface area contributed by atoms with Crippen molar-refractivity contribution in [2.75, 3.05) is 6.54 Å². The number of nitrogens with two attached hydrogens (primary N) is 2. The van der Waals surface area contributed by atoms with Crippen molar-refractivity contribution in [3.63, 3.8) is 0 Å². The summed E-state index contributed by atoms with van der Waals surface area (Å²) in [5.74, 6) is -0.0466. The van der Waals surface area contributed by atoms with E-state index in [9.17, 15) is 0 Å². The summed E-state index contributed by atoms with van der Waals surface area (Å²) < 4.78 is 0. The fourth-order valence-electron chi connectivity index (χ4n) is 0.679. The lowest BCUT2D eigenvalue weighted by molar-refractivity contribution is 0.0958. The molecule has 2 unspecified atom stereocenters. The van der Waals surface area contributed by atoms with Crippen LogP contribution < -0.4 is 11.5 Å². The Balaban J connectivity index is 3.53. The van der Waals surface area contributed by atoms with Crippen LogP contribution in [0.15, 0.2) is 4.99 Å². The van der Waals surface area contributed by atoms with Crippen molar-refractivity contribution in [2.24, 2.45) is 16.5 Å². The largest absolute Gasteiger partial charge is 0.393 e. The molecular formula is C6H15N3O2. The summed E-state index contributed by atoms with van der Waals surface area (Å²) in [6.07, 6.45) is -0.909. The van der Waals surface area contributed by atoms with Crippen molar-refractivity contribution >= 4 is 5.96 Å². The third kappa shape index (κ3) is 7.08. The topological polar surface area (TPSA) is 105 Å². The molecule has 0 saturated heterocycles. The number of rotatable bonds is 4. The van der Waals surface area contributed by atoms with E-state index < -0.39 is 12.2 Å². The van der Waals surface area contributed by atoms with Crippen molar-refractivity contribution in [3.05, 3.63) is 0 Å². The molecule has 0 spiro atoms. The molecule has 0 bridgehead atoms. The van der Waals surface area contributed by atoms with Crippen LogP contribution in [0, 0.1) is 0 Å². The molecule has 0 aliphatic rings. The fraction of sp³-hybridized carbons (Fsp3) is 0.833. The number of guanidine groups is 1. The molecule has 2 atom stereocenters. The summed E-state index contributed by atoms with van der Waals surface area (Å²) in [4.78, 5) is 3.59. The first kappa shape index (κ1) is 10.2. The minimum atomic E-state index is -0.669. The van der Waals surface area contributed by atoms with E-state index in [0.717, 1.165) is 0 Å². The average molecular weight is 161 g/mol. The first-order valence-electron chi connectivity index (χ1n) is 3.44. The second-order valence-corrected chi connectivity index (χ2v) is 2.50. The van der Waals surface area contributed by atoms with Gasteiger partial charge in [0.1, 0.15) is 0 Å². The van der Waals surface area contributed by atoms with Gasteiger partial charge >= 0.3 is 0 Å². The van der Waals surface area contributed by atoms with Gasteiger partial charge in [0.2, 0.25) is 0 Å². The van der Waals surface area contributed by atoms with E-state index in [4.69, 9.17) is 21.7 Å². The standard InChI is InChI=1S/C6H15N3O2/c1-4(10)2-5(11)3-9-6(7)8/h4-5,10-11H,2-3H2,1H3,(H4,7,8,9). The number of hydrogen-bond donors (Lipinski definition) is 4. The summed E-state index contributed by atoms with van der Waals surface area (Å²) >= 11 is 0. The van der Waals surface area contributed by atoms with Crippen molar-refractivity contribution in [2.45, 2.75) is 25.6 Å². The molecular weight excluding hydrogens is 146 g/mol. The number of hydrogen-bond acceptors (Lipinski definition) is 3. The molecule has 66 valence electrons. The van der Waals surface area contributed by atoms with Gasteiger partial charge in [0.15, 0.2) is 5.96 Å². The van der Waals surface area contributed by atoms with Crippen molar-refractivity contribution in [1.82, 2.24) is 0 Å². The van der Waals surface area contributed by atoms with Crippen LogP contribution in [-0.4, -0.2) is 34.9 Å². The number of nitrogens with zero attached hydrogens (tertiary/aromatic N) is 1. The first-order valence-corrected chi connectivity index (χ1v) is 3.44. The molecule has 0 aromatic rings. The van der Waals surface area contributed by atoms with Crippen LogP contribution in [0.1, 0.15) is 13.3 Å². The average Bonchev–Trinajstić information content (AvgIpc) is 1.82. The Morgan fingerprint density at radius 1 is 1.45 bits per heavy atom. The van der Waals surface area contributed by atoms with Gasteiger partial charge in [-0.25, -0.2) is 0 Å². The van der Waals surface area contributed by atoms with Gasteiger partial charge in [0.25, 0.3) is 0 Å². The van der Waals surface area contributed by atoms with Crippen LogP contribution in [0.3, 0.4) is 0 Å². The maximum atomic E-state index is 9.09. The number of aliphatic imine (C=N–C) groups is 1. The zero-order chi connectivity index (χ0) is 8.85. The normalized spacial score (nSPS) is 15.5. The fourth-order valence-corrected chi connectivity index (χ4v) is 0.679. The molecule has 0 aliphatic carbocycles. The van der Waals surface area contributed by atoms with Gasteiger partial charge in [-0.3, -0.25) is 4.99 Å². The van der Waals surface area contributed by atoms with Crippen LogP contribution >= 0.6 is 0 Å². The van der Waals surface area contributed by atoms with Crippen molar-refractivity contribution < 1.29 is 10.2 Å². The maximum Gasteiger partial charge on any atom is 0.185 e. The Labute approximate surface area is 65.7 Å². The minimum absolute atomic E-state index is 0.0466. The molecule has 0 radical (unpaired) electrons. The highest BCUT2D eigenvalue weighted by molar-refractivity contribution is 5.75. The van der Waals surface area contributed by atoms with Gasteiger partial charge in [-0.1, -0.05) is 0 Å². The van der Waals surface area contributed by atoms with Crippen molar-refractivity contribution in [1.29, 1.82) is 0 Å². The predicted molar refractivity (Wildman–Crippen MR) is 43.0 cm³/mol. The number of aliphatic hydroxyl groups is 2. The molecule has 0 amide bonds. The van der Waals surface area contributed by atoms with E-state index >= 15 is 0 Å². The Kier molecular flexibility index (Phi) is 4.56. The lowest BCUT2D eigenvalue weighted by Gasteiger charge is -2.08. The highest BCUT2D eigenvalue weighted by atomic mass is 16.3. The van der Waals surface area contributed by atoms with E-state index in [2.05, 4.69) is 4.99 Å². The van der Waals surface area contributed by atoms with Gasteiger partial charge in [-0.15, -0.1) is 0 Å². The molecule has 0 aliphatic heterocycles. The van der Waals surface area contributed by atoms with Gasteiger partial charge in [0.05, 0.1) is 18.8 Å². The molecule has 0 aromatic carbocycles. The van der Waals surface area contributed by atoms with Gasteiger partial charge in [-0.05, 0) is 6.92 Å². The monoisotopic (exact) mass is 161 g/mol. The molecule has 0 heterocycles. The van der Waals surface area contributed by atoms with E-state index in [1.54, 1.807) is 6.92 Å². The van der Waals surface area contributed by atoms with E-state index in [-0.39, 0.29) is 18.9 Å². The third-order valence-electron chi connectivity index (χ3n) is 1.10. The molecule has 5 heteroatoms. The van der Waals surface area contributed by atoms with E-state index in [1.165, 1.54) is 0 Å². The van der Waals surface area contributed by atoms with Crippen molar-refractivity contribution in [3.8, 4) is 0 Å². The zero-order valence-corrected chi connectivity index (χ0v) is 6.57. The van der Waals surface area contributed by atoms with Crippen LogP contribution in [0.4, 0.5) is 0 Å².